The van der Waals surface area contributed by atoms with Gasteiger partial charge in [-0.05, 0) is 51.2 Å². The highest BCUT2D eigenvalue weighted by molar-refractivity contribution is 5.67. The number of hydrogen-bond acceptors (Lipinski definition) is 2. The fourth-order valence-electron chi connectivity index (χ4n) is 2.34. The van der Waals surface area contributed by atoms with Crippen LogP contribution < -0.4 is 5.32 Å². The molecular weight excluding hydrogens is 298 g/mol. The quantitative estimate of drug-likeness (QED) is 0.586. The number of rotatable bonds is 9. The lowest BCUT2D eigenvalue weighted by Gasteiger charge is -2.19. The molecule has 3 nitrogen and oxygen atoms in total. The maximum Gasteiger partial charge on any atom is 0.407 e. The van der Waals surface area contributed by atoms with Crippen molar-refractivity contribution in [1.82, 2.24) is 5.32 Å². The zero-order chi connectivity index (χ0) is 17.8. The summed E-state index contributed by atoms with van der Waals surface area (Å²) in [6, 6.07) is 8.75. The van der Waals surface area contributed by atoms with Gasteiger partial charge in [0.15, 0.2) is 0 Å². The fourth-order valence-corrected chi connectivity index (χ4v) is 2.34. The van der Waals surface area contributed by atoms with E-state index in [4.69, 9.17) is 4.74 Å². The predicted octanol–water partition coefficient (Wildman–Crippen LogP) is 5.74. The van der Waals surface area contributed by atoms with E-state index in [2.05, 4.69) is 48.7 Å². The van der Waals surface area contributed by atoms with Gasteiger partial charge in [0.1, 0.15) is 5.60 Å². The largest absolute Gasteiger partial charge is 0.444 e. The number of carbonyl (C=O) groups is 1. The van der Waals surface area contributed by atoms with E-state index < -0.39 is 5.60 Å². The summed E-state index contributed by atoms with van der Waals surface area (Å²) in [5.41, 5.74) is 2.16. The second-order valence-electron chi connectivity index (χ2n) is 7.17. The van der Waals surface area contributed by atoms with Crippen LogP contribution in [0.25, 0.3) is 6.08 Å². The first-order chi connectivity index (χ1) is 11.4. The van der Waals surface area contributed by atoms with Crippen LogP contribution in [0.2, 0.25) is 0 Å². The van der Waals surface area contributed by atoms with Crippen molar-refractivity contribution in [1.29, 1.82) is 0 Å². The van der Waals surface area contributed by atoms with Crippen molar-refractivity contribution in [3.8, 4) is 0 Å². The third-order valence-corrected chi connectivity index (χ3v) is 3.59. The number of ether oxygens (including phenoxy) is 1. The number of aryl methyl sites for hydroxylation is 1. The van der Waals surface area contributed by atoms with Gasteiger partial charge in [0.2, 0.25) is 0 Å². The van der Waals surface area contributed by atoms with Crippen molar-refractivity contribution >= 4 is 12.2 Å². The number of nitrogens with one attached hydrogen (secondary N) is 1. The number of carbonyl (C=O) groups excluding carboxylic acids is 1. The molecule has 0 saturated carbocycles. The molecule has 0 saturated heterocycles. The van der Waals surface area contributed by atoms with Gasteiger partial charge < -0.3 is 10.1 Å². The smallest absolute Gasteiger partial charge is 0.407 e. The third-order valence-electron chi connectivity index (χ3n) is 3.59. The molecule has 0 bridgehead atoms. The Labute approximate surface area is 147 Å². The summed E-state index contributed by atoms with van der Waals surface area (Å²) in [5, 5.41) is 2.76. The summed E-state index contributed by atoms with van der Waals surface area (Å²) in [5.74, 6) is 0. The van der Waals surface area contributed by atoms with Crippen LogP contribution in [0.1, 0.15) is 70.9 Å². The van der Waals surface area contributed by atoms with Crippen molar-refractivity contribution in [2.24, 2.45) is 0 Å². The molecule has 0 aliphatic heterocycles. The van der Waals surface area contributed by atoms with Gasteiger partial charge in [-0.15, -0.1) is 0 Å². The lowest BCUT2D eigenvalue weighted by Crippen LogP contribution is -2.32. The molecule has 1 aromatic carbocycles. The maximum atomic E-state index is 11.5. The summed E-state index contributed by atoms with van der Waals surface area (Å²) in [6.07, 6.45) is 11.0. The first-order valence-corrected chi connectivity index (χ1v) is 9.13. The molecule has 1 N–H and O–H groups in total. The summed E-state index contributed by atoms with van der Waals surface area (Å²) >= 11 is 0. The Kier molecular flexibility index (Phi) is 9.21. The van der Waals surface area contributed by atoms with Crippen LogP contribution >= 0.6 is 0 Å². The average molecular weight is 332 g/mol. The Morgan fingerprint density at radius 2 is 1.83 bits per heavy atom. The average Bonchev–Trinajstić information content (AvgIpc) is 2.51. The highest BCUT2D eigenvalue weighted by Gasteiger charge is 2.15. The minimum Gasteiger partial charge on any atom is -0.444 e. The first kappa shape index (κ1) is 20.3. The number of hydrogen-bond donors (Lipinski definition) is 1. The monoisotopic (exact) mass is 331 g/mol. The zero-order valence-electron chi connectivity index (χ0n) is 15.7. The zero-order valence-corrected chi connectivity index (χ0v) is 15.7. The van der Waals surface area contributed by atoms with Crippen LogP contribution in [0, 0.1) is 0 Å². The molecule has 0 unspecified atom stereocenters. The Bertz CT molecular complexity index is 498. The van der Waals surface area contributed by atoms with E-state index >= 15 is 0 Å². The van der Waals surface area contributed by atoms with Gasteiger partial charge in [-0.3, -0.25) is 0 Å². The number of alkyl carbamates (subject to hydrolysis) is 1. The molecule has 0 radical (unpaired) electrons. The standard InChI is InChI=1S/C21H33NO2/c1-5-6-7-8-11-18-13-15-19(16-14-18)12-9-10-17-22-20(23)24-21(2,3)4/h9,12-16H,5-8,10-11,17H2,1-4H3,(H,22,23). The number of unbranched alkanes of at least 4 members (excludes halogenated alkanes) is 3. The highest BCUT2D eigenvalue weighted by atomic mass is 16.6. The van der Waals surface area contributed by atoms with Crippen LogP contribution in [-0.4, -0.2) is 18.2 Å². The molecule has 1 amide bonds. The second-order valence-corrected chi connectivity index (χ2v) is 7.17. The molecule has 0 aromatic heterocycles. The number of amides is 1. The molecular formula is C21H33NO2. The van der Waals surface area contributed by atoms with Crippen molar-refractivity contribution in [2.45, 2.75) is 71.8 Å². The minimum atomic E-state index is -0.446. The molecule has 0 aliphatic rings. The lowest BCUT2D eigenvalue weighted by atomic mass is 10.0. The van der Waals surface area contributed by atoms with Gasteiger partial charge >= 0.3 is 6.09 Å². The molecule has 1 aromatic rings. The van der Waals surface area contributed by atoms with Crippen molar-refractivity contribution in [3.05, 3.63) is 41.5 Å². The molecule has 0 heterocycles. The molecule has 0 fully saturated rings. The number of benzene rings is 1. The fraction of sp³-hybridized carbons (Fsp3) is 0.571. The summed E-state index contributed by atoms with van der Waals surface area (Å²) in [6.45, 7) is 8.41. The second kappa shape index (κ2) is 10.9. The Hall–Kier alpha value is -1.77. The van der Waals surface area contributed by atoms with Crippen LogP contribution in [0.15, 0.2) is 30.3 Å². The van der Waals surface area contributed by atoms with Crippen LogP contribution in [-0.2, 0) is 11.2 Å². The first-order valence-electron chi connectivity index (χ1n) is 9.13. The minimum absolute atomic E-state index is 0.358. The SMILES string of the molecule is CCCCCCc1ccc(C=CCCNC(=O)OC(C)(C)C)cc1. The molecule has 0 aliphatic carbocycles. The van der Waals surface area contributed by atoms with E-state index in [-0.39, 0.29) is 6.09 Å². The van der Waals surface area contributed by atoms with Gasteiger partial charge in [0, 0.05) is 6.54 Å². The van der Waals surface area contributed by atoms with Crippen LogP contribution in [0.3, 0.4) is 0 Å². The third kappa shape index (κ3) is 10.1. The van der Waals surface area contributed by atoms with E-state index in [1.807, 2.05) is 20.8 Å². The molecule has 0 spiro atoms. The van der Waals surface area contributed by atoms with E-state index in [0.717, 1.165) is 6.42 Å². The summed E-state index contributed by atoms with van der Waals surface area (Å²) in [7, 11) is 0. The Morgan fingerprint density at radius 1 is 1.12 bits per heavy atom. The van der Waals surface area contributed by atoms with Gasteiger partial charge in [0.25, 0.3) is 0 Å². The normalized spacial score (nSPS) is 11.7. The molecule has 24 heavy (non-hydrogen) atoms. The highest BCUT2D eigenvalue weighted by Crippen LogP contribution is 2.11. The van der Waals surface area contributed by atoms with Gasteiger partial charge in [0.05, 0.1) is 0 Å². The topological polar surface area (TPSA) is 38.3 Å². The van der Waals surface area contributed by atoms with E-state index in [1.165, 1.54) is 43.2 Å². The van der Waals surface area contributed by atoms with E-state index in [0.29, 0.717) is 6.54 Å². The van der Waals surface area contributed by atoms with E-state index in [9.17, 15) is 4.79 Å². The van der Waals surface area contributed by atoms with Crippen molar-refractivity contribution in [2.75, 3.05) is 6.54 Å². The van der Waals surface area contributed by atoms with Gasteiger partial charge in [-0.25, -0.2) is 4.79 Å². The summed E-state index contributed by atoms with van der Waals surface area (Å²) < 4.78 is 5.19. The molecule has 134 valence electrons. The molecule has 0 atom stereocenters. The van der Waals surface area contributed by atoms with Gasteiger partial charge in [-0.2, -0.15) is 0 Å². The van der Waals surface area contributed by atoms with Crippen molar-refractivity contribution in [3.63, 3.8) is 0 Å². The van der Waals surface area contributed by atoms with Crippen molar-refractivity contribution < 1.29 is 9.53 Å². The maximum absolute atomic E-state index is 11.5. The molecule has 3 heteroatoms. The van der Waals surface area contributed by atoms with E-state index in [1.54, 1.807) is 0 Å². The Balaban J connectivity index is 2.24. The predicted molar refractivity (Wildman–Crippen MR) is 102 cm³/mol. The lowest BCUT2D eigenvalue weighted by molar-refractivity contribution is 0.0529. The summed E-state index contributed by atoms with van der Waals surface area (Å²) in [4.78, 5) is 11.5. The van der Waals surface area contributed by atoms with Crippen LogP contribution in [0.5, 0.6) is 0 Å². The molecule has 1 rings (SSSR count). The van der Waals surface area contributed by atoms with Crippen LogP contribution in [0.4, 0.5) is 4.79 Å². The Morgan fingerprint density at radius 3 is 2.46 bits per heavy atom. The van der Waals surface area contributed by atoms with Gasteiger partial charge in [-0.1, -0.05) is 62.6 Å².